The van der Waals surface area contributed by atoms with Crippen LogP contribution in [0.5, 0.6) is 0 Å². The molecule has 0 radical (unpaired) electrons. The molecule has 0 bridgehead atoms. The van der Waals surface area contributed by atoms with E-state index in [1.807, 2.05) is 30.3 Å². The average Bonchev–Trinajstić information content (AvgIpc) is 3.25. The fourth-order valence-electron chi connectivity index (χ4n) is 2.81. The summed E-state index contributed by atoms with van der Waals surface area (Å²) in [6, 6.07) is 15.9. The molecule has 0 saturated heterocycles. The van der Waals surface area contributed by atoms with Gasteiger partial charge in [-0.25, -0.2) is 0 Å². The van der Waals surface area contributed by atoms with Crippen LogP contribution in [0, 0.1) is 5.92 Å². The summed E-state index contributed by atoms with van der Waals surface area (Å²) in [6.45, 7) is 0. The van der Waals surface area contributed by atoms with Crippen LogP contribution in [0.15, 0.2) is 48.5 Å². The van der Waals surface area contributed by atoms with Gasteiger partial charge in [-0.15, -0.1) is 0 Å². The summed E-state index contributed by atoms with van der Waals surface area (Å²) in [6.07, 6.45) is 1.24. The summed E-state index contributed by atoms with van der Waals surface area (Å²) in [5.74, 6) is 0.802. The number of rotatable bonds is 4. The summed E-state index contributed by atoms with van der Waals surface area (Å²) in [5.41, 5.74) is 2.24. The van der Waals surface area contributed by atoms with Gasteiger partial charge in [0.25, 0.3) is 0 Å². The molecule has 1 aliphatic carbocycles. The van der Waals surface area contributed by atoms with Crippen molar-refractivity contribution in [3.8, 4) is 0 Å². The molecule has 1 fully saturated rings. The fourth-order valence-corrected chi connectivity index (χ4v) is 3.20. The van der Waals surface area contributed by atoms with Crippen molar-refractivity contribution in [2.45, 2.75) is 24.9 Å². The Morgan fingerprint density at radius 1 is 1.05 bits per heavy atom. The first-order valence-electron chi connectivity index (χ1n) is 6.82. The van der Waals surface area contributed by atoms with Crippen molar-refractivity contribution in [1.82, 2.24) is 0 Å². The topological polar surface area (TPSA) is 20.2 Å². The Labute approximate surface area is 129 Å². The zero-order chi connectivity index (χ0) is 14.1. The van der Waals surface area contributed by atoms with Gasteiger partial charge < -0.3 is 5.11 Å². The number of hydrogen-bond acceptors (Lipinski definition) is 1. The van der Waals surface area contributed by atoms with E-state index in [-0.39, 0.29) is 6.10 Å². The van der Waals surface area contributed by atoms with E-state index >= 15 is 0 Å². The second kappa shape index (κ2) is 5.77. The summed E-state index contributed by atoms with van der Waals surface area (Å²) in [4.78, 5) is 0. The highest BCUT2D eigenvalue weighted by atomic mass is 35.5. The molecule has 3 unspecified atom stereocenters. The van der Waals surface area contributed by atoms with Crippen molar-refractivity contribution < 1.29 is 5.11 Å². The molecule has 2 aromatic carbocycles. The number of aliphatic hydroxyl groups is 1. The maximum atomic E-state index is 10.4. The van der Waals surface area contributed by atoms with Gasteiger partial charge in [0.2, 0.25) is 0 Å². The number of aliphatic hydroxyl groups excluding tert-OH is 1. The third-order valence-corrected chi connectivity index (χ3v) is 4.88. The first-order chi connectivity index (χ1) is 9.66. The summed E-state index contributed by atoms with van der Waals surface area (Å²) < 4.78 is 0. The molecule has 3 rings (SSSR count). The zero-order valence-electron chi connectivity index (χ0n) is 11.0. The number of halogens is 2. The van der Waals surface area contributed by atoms with E-state index in [0.717, 1.165) is 12.0 Å². The number of hydrogen-bond donors (Lipinski definition) is 1. The smallest absolute Gasteiger partial charge is 0.0625 e. The number of benzene rings is 2. The summed E-state index contributed by atoms with van der Waals surface area (Å²) in [7, 11) is 0. The highest BCUT2D eigenvalue weighted by Gasteiger charge is 2.43. The Hall–Kier alpha value is -1.02. The van der Waals surface area contributed by atoms with Crippen molar-refractivity contribution in [3.63, 3.8) is 0 Å². The summed E-state index contributed by atoms with van der Waals surface area (Å²) in [5, 5.41) is 11.5. The van der Waals surface area contributed by atoms with Crippen molar-refractivity contribution in [2.24, 2.45) is 5.92 Å². The van der Waals surface area contributed by atoms with Crippen LogP contribution in [-0.4, -0.2) is 11.2 Å². The molecule has 3 atom stereocenters. The molecule has 1 saturated carbocycles. The lowest BCUT2D eigenvalue weighted by Gasteiger charge is -2.12. The van der Waals surface area contributed by atoms with E-state index in [9.17, 15) is 5.11 Å². The summed E-state index contributed by atoms with van der Waals surface area (Å²) >= 11 is 12.2. The van der Waals surface area contributed by atoms with Gasteiger partial charge >= 0.3 is 0 Å². The van der Waals surface area contributed by atoms with Crippen molar-refractivity contribution in [3.05, 3.63) is 69.7 Å². The van der Waals surface area contributed by atoms with Crippen LogP contribution >= 0.6 is 23.2 Å². The lowest BCUT2D eigenvalue weighted by Crippen LogP contribution is -2.14. The van der Waals surface area contributed by atoms with Crippen LogP contribution in [-0.2, 0) is 6.42 Å². The quantitative estimate of drug-likeness (QED) is 0.868. The molecular weight excluding hydrogens is 291 g/mol. The molecule has 0 aromatic heterocycles. The van der Waals surface area contributed by atoms with Crippen LogP contribution in [0.1, 0.15) is 23.5 Å². The average molecular weight is 307 g/mol. The van der Waals surface area contributed by atoms with E-state index < -0.39 is 0 Å². The SMILES string of the molecule is OC(Cc1cccc(Cl)c1Cl)C1CC1c1ccccc1. The molecule has 0 aliphatic heterocycles. The molecule has 0 heterocycles. The van der Waals surface area contributed by atoms with Crippen LogP contribution in [0.25, 0.3) is 0 Å². The fraction of sp³-hybridized carbons (Fsp3) is 0.294. The predicted octanol–water partition coefficient (Wildman–Crippen LogP) is 4.70. The van der Waals surface area contributed by atoms with Gasteiger partial charge in [-0.3, -0.25) is 0 Å². The maximum Gasteiger partial charge on any atom is 0.0625 e. The second-order valence-electron chi connectivity index (χ2n) is 5.40. The molecule has 3 heteroatoms. The largest absolute Gasteiger partial charge is 0.392 e. The first kappa shape index (κ1) is 13.9. The van der Waals surface area contributed by atoms with Gasteiger partial charge in [-0.1, -0.05) is 65.7 Å². The van der Waals surface area contributed by atoms with E-state index in [1.165, 1.54) is 5.56 Å². The lowest BCUT2D eigenvalue weighted by molar-refractivity contribution is 0.149. The Kier molecular flexibility index (Phi) is 4.02. The Morgan fingerprint density at radius 2 is 1.80 bits per heavy atom. The van der Waals surface area contributed by atoms with E-state index in [0.29, 0.717) is 28.3 Å². The Bertz CT molecular complexity index is 597. The molecule has 0 amide bonds. The van der Waals surface area contributed by atoms with E-state index in [4.69, 9.17) is 23.2 Å². The van der Waals surface area contributed by atoms with Gasteiger partial charge in [0.05, 0.1) is 16.1 Å². The van der Waals surface area contributed by atoms with Gasteiger partial charge in [-0.2, -0.15) is 0 Å². The van der Waals surface area contributed by atoms with Crippen molar-refractivity contribution in [2.75, 3.05) is 0 Å². The van der Waals surface area contributed by atoms with Crippen LogP contribution in [0.4, 0.5) is 0 Å². The third kappa shape index (κ3) is 2.85. The molecule has 0 spiro atoms. The van der Waals surface area contributed by atoms with Gasteiger partial charge in [-0.05, 0) is 35.4 Å². The maximum absolute atomic E-state index is 10.4. The van der Waals surface area contributed by atoms with E-state index in [2.05, 4.69) is 12.1 Å². The predicted molar refractivity (Wildman–Crippen MR) is 83.5 cm³/mol. The highest BCUT2D eigenvalue weighted by molar-refractivity contribution is 6.42. The molecule has 2 aromatic rings. The highest BCUT2D eigenvalue weighted by Crippen LogP contribution is 2.50. The van der Waals surface area contributed by atoms with Crippen LogP contribution < -0.4 is 0 Å². The van der Waals surface area contributed by atoms with Crippen molar-refractivity contribution >= 4 is 23.2 Å². The molecule has 1 N–H and O–H groups in total. The second-order valence-corrected chi connectivity index (χ2v) is 6.19. The minimum absolute atomic E-state index is 0.326. The first-order valence-corrected chi connectivity index (χ1v) is 7.58. The molecule has 1 nitrogen and oxygen atoms in total. The monoisotopic (exact) mass is 306 g/mol. The van der Waals surface area contributed by atoms with Crippen LogP contribution in [0.3, 0.4) is 0 Å². The zero-order valence-corrected chi connectivity index (χ0v) is 12.5. The standard InChI is InChI=1S/C17H16Cl2O/c18-15-8-4-7-12(17(15)19)9-16(20)14-10-13(14)11-5-2-1-3-6-11/h1-8,13-14,16,20H,9-10H2. The molecular formula is C17H16Cl2O. The molecule has 104 valence electrons. The normalized spacial score (nSPS) is 22.6. The lowest BCUT2D eigenvalue weighted by atomic mass is 10.0. The van der Waals surface area contributed by atoms with Gasteiger partial charge in [0, 0.05) is 6.42 Å². The van der Waals surface area contributed by atoms with Gasteiger partial charge in [0.15, 0.2) is 0 Å². The van der Waals surface area contributed by atoms with E-state index in [1.54, 1.807) is 6.07 Å². The van der Waals surface area contributed by atoms with Crippen molar-refractivity contribution in [1.29, 1.82) is 0 Å². The minimum Gasteiger partial charge on any atom is -0.392 e. The van der Waals surface area contributed by atoms with Crippen LogP contribution in [0.2, 0.25) is 10.0 Å². The molecule has 1 aliphatic rings. The van der Waals surface area contributed by atoms with Gasteiger partial charge in [0.1, 0.15) is 0 Å². The Balaban J connectivity index is 1.67. The Morgan fingerprint density at radius 3 is 2.55 bits per heavy atom. The molecule has 20 heavy (non-hydrogen) atoms. The minimum atomic E-state index is -0.365. The third-order valence-electron chi connectivity index (χ3n) is 4.02.